The lowest BCUT2D eigenvalue weighted by atomic mass is 10.1. The molecule has 5 nitrogen and oxygen atoms in total. The highest BCUT2D eigenvalue weighted by molar-refractivity contribution is 5.67. The number of ether oxygens (including phenoxy) is 2. The normalized spacial score (nSPS) is 12.3. The first-order valence-corrected chi connectivity index (χ1v) is 7.10. The van der Waals surface area contributed by atoms with Gasteiger partial charge in [-0.2, -0.15) is 0 Å². The van der Waals surface area contributed by atoms with Gasteiger partial charge >= 0.3 is 5.97 Å². The van der Waals surface area contributed by atoms with E-state index in [0.29, 0.717) is 18.0 Å². The first kappa shape index (κ1) is 17.3. The molecule has 0 saturated carbocycles. The van der Waals surface area contributed by atoms with E-state index in [1.807, 2.05) is 32.9 Å². The highest BCUT2D eigenvalue weighted by Crippen LogP contribution is 2.31. The van der Waals surface area contributed by atoms with Crippen LogP contribution in [0.3, 0.4) is 0 Å². The Morgan fingerprint density at radius 3 is 2.33 bits per heavy atom. The summed E-state index contributed by atoms with van der Waals surface area (Å²) in [6.07, 6.45) is 0.139. The van der Waals surface area contributed by atoms with E-state index >= 15 is 0 Å². The second-order valence-corrected chi connectivity index (χ2v) is 5.14. The Kier molecular flexibility index (Phi) is 6.49. The predicted molar refractivity (Wildman–Crippen MR) is 82.1 cm³/mol. The van der Waals surface area contributed by atoms with Crippen molar-refractivity contribution in [3.63, 3.8) is 0 Å². The van der Waals surface area contributed by atoms with Gasteiger partial charge in [-0.15, -0.1) is 0 Å². The Morgan fingerprint density at radius 2 is 1.86 bits per heavy atom. The first-order chi connectivity index (χ1) is 9.92. The fraction of sp³-hybridized carbons (Fsp3) is 0.562. The number of carboxylic acid groups (broad SMARTS) is 1. The number of carboxylic acids is 1. The number of carbonyl (C=O) groups is 1. The third-order valence-corrected chi connectivity index (χ3v) is 3.72. The van der Waals surface area contributed by atoms with Gasteiger partial charge in [-0.25, -0.2) is 0 Å². The van der Waals surface area contributed by atoms with Crippen LogP contribution in [0, 0.1) is 6.92 Å². The lowest BCUT2D eigenvalue weighted by molar-refractivity contribution is -0.138. The topological polar surface area (TPSA) is 59.0 Å². The van der Waals surface area contributed by atoms with Crippen LogP contribution in [0.25, 0.3) is 0 Å². The largest absolute Gasteiger partial charge is 0.493 e. The summed E-state index contributed by atoms with van der Waals surface area (Å²) >= 11 is 0. The number of benzene rings is 1. The Morgan fingerprint density at radius 1 is 1.29 bits per heavy atom. The van der Waals surface area contributed by atoms with Crippen molar-refractivity contribution in [3.05, 3.63) is 23.3 Å². The molecule has 1 atom stereocenters. The van der Waals surface area contributed by atoms with E-state index in [1.165, 1.54) is 0 Å². The van der Waals surface area contributed by atoms with E-state index in [2.05, 4.69) is 4.90 Å². The summed E-state index contributed by atoms with van der Waals surface area (Å²) < 4.78 is 10.6. The van der Waals surface area contributed by atoms with Crippen LogP contribution in [0.1, 0.15) is 31.4 Å². The maximum Gasteiger partial charge on any atom is 0.304 e. The zero-order chi connectivity index (χ0) is 16.0. The van der Waals surface area contributed by atoms with E-state index in [0.717, 1.165) is 17.7 Å². The molecular weight excluding hydrogens is 270 g/mol. The van der Waals surface area contributed by atoms with Crippen LogP contribution >= 0.6 is 0 Å². The minimum Gasteiger partial charge on any atom is -0.493 e. The Hall–Kier alpha value is -1.75. The average Bonchev–Trinajstić information content (AvgIpc) is 2.44. The van der Waals surface area contributed by atoms with Gasteiger partial charge in [0.25, 0.3) is 0 Å². The molecule has 0 radical (unpaired) electrons. The number of hydrogen-bond acceptors (Lipinski definition) is 4. The SMILES string of the molecule is CCN(Cc1cc(OC)c(OC)cc1C)C(C)CC(=O)O. The lowest BCUT2D eigenvalue weighted by Crippen LogP contribution is -2.34. The van der Waals surface area contributed by atoms with Crippen molar-refractivity contribution < 1.29 is 19.4 Å². The molecule has 5 heteroatoms. The predicted octanol–water partition coefficient (Wildman–Crippen LogP) is 2.70. The molecule has 1 aromatic carbocycles. The van der Waals surface area contributed by atoms with E-state index in [9.17, 15) is 4.79 Å². The second kappa shape index (κ2) is 7.88. The van der Waals surface area contributed by atoms with Crippen molar-refractivity contribution in [2.75, 3.05) is 20.8 Å². The molecule has 0 heterocycles. The number of hydrogen-bond donors (Lipinski definition) is 1. The fourth-order valence-electron chi connectivity index (χ4n) is 2.37. The Balaban J connectivity index is 2.96. The zero-order valence-corrected chi connectivity index (χ0v) is 13.5. The second-order valence-electron chi connectivity index (χ2n) is 5.14. The molecule has 0 bridgehead atoms. The number of aliphatic carboxylic acids is 1. The summed E-state index contributed by atoms with van der Waals surface area (Å²) in [4.78, 5) is 13.0. The van der Waals surface area contributed by atoms with Crippen LogP contribution in [0.4, 0.5) is 0 Å². The molecule has 1 rings (SSSR count). The van der Waals surface area contributed by atoms with Gasteiger partial charge in [-0.1, -0.05) is 6.92 Å². The highest BCUT2D eigenvalue weighted by atomic mass is 16.5. The van der Waals surface area contributed by atoms with E-state index in [-0.39, 0.29) is 12.5 Å². The van der Waals surface area contributed by atoms with Gasteiger partial charge in [-0.05, 0) is 43.7 Å². The Labute approximate surface area is 126 Å². The zero-order valence-electron chi connectivity index (χ0n) is 13.5. The number of aryl methyl sites for hydroxylation is 1. The van der Waals surface area contributed by atoms with Crippen LogP contribution in [-0.4, -0.2) is 42.8 Å². The average molecular weight is 295 g/mol. The van der Waals surface area contributed by atoms with Crippen LogP contribution in [0.5, 0.6) is 11.5 Å². The molecule has 1 unspecified atom stereocenters. The van der Waals surface area contributed by atoms with E-state index in [4.69, 9.17) is 14.6 Å². The molecule has 1 N–H and O–H groups in total. The summed E-state index contributed by atoms with van der Waals surface area (Å²) in [5, 5.41) is 8.94. The molecular formula is C16H25NO4. The highest BCUT2D eigenvalue weighted by Gasteiger charge is 2.17. The first-order valence-electron chi connectivity index (χ1n) is 7.10. The van der Waals surface area contributed by atoms with Crippen molar-refractivity contribution >= 4 is 5.97 Å². The summed E-state index contributed by atoms with van der Waals surface area (Å²) in [5.74, 6) is 0.630. The minimum absolute atomic E-state index is 0.0139. The van der Waals surface area contributed by atoms with Gasteiger partial charge in [0.1, 0.15) is 0 Å². The molecule has 0 aromatic heterocycles. The number of methoxy groups -OCH3 is 2. The van der Waals surface area contributed by atoms with Crippen LogP contribution in [0.2, 0.25) is 0 Å². The monoisotopic (exact) mass is 295 g/mol. The van der Waals surface area contributed by atoms with Crippen molar-refractivity contribution in [1.82, 2.24) is 4.90 Å². The molecule has 21 heavy (non-hydrogen) atoms. The van der Waals surface area contributed by atoms with Crippen LogP contribution in [0.15, 0.2) is 12.1 Å². The molecule has 0 fully saturated rings. The molecule has 118 valence electrons. The number of nitrogens with zero attached hydrogens (tertiary/aromatic N) is 1. The van der Waals surface area contributed by atoms with E-state index in [1.54, 1.807) is 14.2 Å². The molecule has 0 saturated heterocycles. The summed E-state index contributed by atoms with van der Waals surface area (Å²) in [6.45, 7) is 7.48. The molecule has 0 aliphatic rings. The minimum atomic E-state index is -0.773. The van der Waals surface area contributed by atoms with Gasteiger partial charge in [0.2, 0.25) is 0 Å². The standard InChI is InChI=1S/C16H25NO4/c1-6-17(12(3)8-16(18)19)10-13-9-15(21-5)14(20-4)7-11(13)2/h7,9,12H,6,8,10H2,1-5H3,(H,18,19). The fourth-order valence-corrected chi connectivity index (χ4v) is 2.37. The van der Waals surface area contributed by atoms with Crippen molar-refractivity contribution in [2.45, 2.75) is 39.8 Å². The molecule has 1 aromatic rings. The van der Waals surface area contributed by atoms with Crippen molar-refractivity contribution in [2.24, 2.45) is 0 Å². The maximum absolute atomic E-state index is 10.9. The maximum atomic E-state index is 10.9. The third-order valence-electron chi connectivity index (χ3n) is 3.72. The smallest absolute Gasteiger partial charge is 0.304 e. The van der Waals surface area contributed by atoms with Crippen molar-refractivity contribution in [1.29, 1.82) is 0 Å². The van der Waals surface area contributed by atoms with Gasteiger partial charge in [0.15, 0.2) is 11.5 Å². The summed E-state index contributed by atoms with van der Waals surface area (Å²) in [7, 11) is 3.23. The number of rotatable bonds is 8. The summed E-state index contributed by atoms with van der Waals surface area (Å²) in [5.41, 5.74) is 2.22. The van der Waals surface area contributed by atoms with Crippen LogP contribution in [-0.2, 0) is 11.3 Å². The van der Waals surface area contributed by atoms with E-state index < -0.39 is 5.97 Å². The molecule has 0 aliphatic heterocycles. The van der Waals surface area contributed by atoms with Crippen LogP contribution < -0.4 is 9.47 Å². The van der Waals surface area contributed by atoms with Gasteiger partial charge in [-0.3, -0.25) is 9.69 Å². The Bertz CT molecular complexity index is 487. The van der Waals surface area contributed by atoms with Gasteiger partial charge in [0.05, 0.1) is 20.6 Å². The third kappa shape index (κ3) is 4.63. The van der Waals surface area contributed by atoms with Crippen molar-refractivity contribution in [3.8, 4) is 11.5 Å². The van der Waals surface area contributed by atoms with Gasteiger partial charge < -0.3 is 14.6 Å². The quantitative estimate of drug-likeness (QED) is 0.799. The molecule has 0 amide bonds. The van der Waals surface area contributed by atoms with Gasteiger partial charge in [0, 0.05) is 12.6 Å². The lowest BCUT2D eigenvalue weighted by Gasteiger charge is -2.27. The molecule has 0 aliphatic carbocycles. The molecule has 0 spiro atoms. The summed E-state index contributed by atoms with van der Waals surface area (Å²) in [6, 6.07) is 3.90.